The molecule has 0 unspecified atom stereocenters. The smallest absolute Gasteiger partial charge is 0.129 e. The van der Waals surface area contributed by atoms with Crippen LogP contribution in [0.5, 0.6) is 0 Å². The molecular weight excluding hydrogens is 286 g/mol. The summed E-state index contributed by atoms with van der Waals surface area (Å²) in [6.07, 6.45) is 2.29. The van der Waals surface area contributed by atoms with Crippen LogP contribution >= 0.6 is 11.3 Å². The average Bonchev–Trinajstić information content (AvgIpc) is 2.80. The molecule has 1 fully saturated rings. The van der Waals surface area contributed by atoms with Gasteiger partial charge in [-0.15, -0.1) is 21.5 Å². The van der Waals surface area contributed by atoms with Gasteiger partial charge in [0.1, 0.15) is 21.7 Å². The maximum atomic E-state index is 9.42. The lowest BCUT2D eigenvalue weighted by atomic mass is 9.80. The molecular formula is C14H19N5OS. The monoisotopic (exact) mass is 305 g/mol. The molecule has 1 saturated carbocycles. The van der Waals surface area contributed by atoms with Crippen molar-refractivity contribution >= 4 is 17.2 Å². The second-order valence-corrected chi connectivity index (χ2v) is 6.71. The Kier molecular flexibility index (Phi) is 4.12. The van der Waals surface area contributed by atoms with Crippen molar-refractivity contribution in [3.63, 3.8) is 0 Å². The molecule has 6 nitrogen and oxygen atoms in total. The van der Waals surface area contributed by atoms with E-state index in [2.05, 4.69) is 25.5 Å². The van der Waals surface area contributed by atoms with E-state index in [1.165, 1.54) is 0 Å². The van der Waals surface area contributed by atoms with Crippen molar-refractivity contribution < 1.29 is 5.11 Å². The molecule has 0 saturated heterocycles. The zero-order valence-electron chi connectivity index (χ0n) is 12.2. The van der Waals surface area contributed by atoms with Crippen molar-refractivity contribution in [2.75, 3.05) is 11.9 Å². The maximum absolute atomic E-state index is 9.42. The number of nitrogens with zero attached hydrogens (tertiary/aromatic N) is 4. The van der Waals surface area contributed by atoms with Gasteiger partial charge in [-0.2, -0.15) is 0 Å². The summed E-state index contributed by atoms with van der Waals surface area (Å²) in [6, 6.07) is 1.99. The van der Waals surface area contributed by atoms with Gasteiger partial charge < -0.3 is 10.4 Å². The molecule has 1 aliphatic carbocycles. The molecule has 2 heterocycles. The molecule has 0 atom stereocenters. The van der Waals surface area contributed by atoms with Crippen LogP contribution in [0.25, 0.3) is 0 Å². The number of aromatic nitrogens is 4. The van der Waals surface area contributed by atoms with Crippen LogP contribution in [0.4, 0.5) is 5.82 Å². The van der Waals surface area contributed by atoms with Crippen molar-refractivity contribution in [2.45, 2.75) is 45.1 Å². The summed E-state index contributed by atoms with van der Waals surface area (Å²) < 4.78 is 0. The molecule has 7 heteroatoms. The Balaban J connectivity index is 1.59. The van der Waals surface area contributed by atoms with E-state index in [0.717, 1.165) is 53.2 Å². The van der Waals surface area contributed by atoms with Gasteiger partial charge in [-0.1, -0.05) is 0 Å². The Morgan fingerprint density at radius 3 is 2.76 bits per heavy atom. The summed E-state index contributed by atoms with van der Waals surface area (Å²) in [4.78, 5) is 8.89. The Labute approximate surface area is 127 Å². The number of hydrogen-bond donors (Lipinski definition) is 2. The highest BCUT2D eigenvalue weighted by atomic mass is 32.1. The molecule has 2 N–H and O–H groups in total. The summed E-state index contributed by atoms with van der Waals surface area (Å²) >= 11 is 1.62. The van der Waals surface area contributed by atoms with E-state index in [0.29, 0.717) is 5.92 Å². The van der Waals surface area contributed by atoms with Crippen molar-refractivity contribution in [2.24, 2.45) is 0 Å². The fourth-order valence-electron chi connectivity index (χ4n) is 2.46. The number of rotatable bonds is 5. The first kappa shape index (κ1) is 14.3. The third kappa shape index (κ3) is 3.54. The molecule has 21 heavy (non-hydrogen) atoms. The van der Waals surface area contributed by atoms with Crippen LogP contribution in [0.3, 0.4) is 0 Å². The average molecular weight is 305 g/mol. The summed E-state index contributed by atoms with van der Waals surface area (Å²) in [5.41, 5.74) is 1.03. The van der Waals surface area contributed by atoms with Gasteiger partial charge in [-0.25, -0.2) is 9.97 Å². The summed E-state index contributed by atoms with van der Waals surface area (Å²) in [5.74, 6) is 1.98. The minimum absolute atomic E-state index is 0.165. The highest BCUT2D eigenvalue weighted by Crippen LogP contribution is 2.36. The fourth-order valence-corrected chi connectivity index (χ4v) is 3.16. The number of aryl methyl sites for hydroxylation is 2. The number of hydrogen-bond acceptors (Lipinski definition) is 7. The van der Waals surface area contributed by atoms with E-state index in [9.17, 15) is 5.11 Å². The van der Waals surface area contributed by atoms with Crippen LogP contribution in [0.1, 0.15) is 40.3 Å². The van der Waals surface area contributed by atoms with Gasteiger partial charge in [0.2, 0.25) is 0 Å². The van der Waals surface area contributed by atoms with Gasteiger partial charge in [0.15, 0.2) is 0 Å². The molecule has 3 rings (SSSR count). The molecule has 2 aromatic rings. The minimum atomic E-state index is -0.165. The lowest BCUT2D eigenvalue weighted by Gasteiger charge is -2.31. The summed E-state index contributed by atoms with van der Waals surface area (Å²) in [7, 11) is 0. The topological polar surface area (TPSA) is 83.8 Å². The van der Waals surface area contributed by atoms with Crippen LogP contribution in [-0.2, 0) is 6.42 Å². The van der Waals surface area contributed by atoms with Crippen LogP contribution in [0.2, 0.25) is 0 Å². The number of aliphatic hydroxyl groups is 1. The van der Waals surface area contributed by atoms with Crippen LogP contribution in [0.15, 0.2) is 6.07 Å². The zero-order valence-corrected chi connectivity index (χ0v) is 13.0. The number of aliphatic hydroxyl groups excluding tert-OH is 1. The Morgan fingerprint density at radius 1 is 1.29 bits per heavy atom. The predicted octanol–water partition coefficient (Wildman–Crippen LogP) is 1.84. The van der Waals surface area contributed by atoms with E-state index in [1.54, 1.807) is 11.3 Å². The third-order valence-corrected chi connectivity index (χ3v) is 4.50. The third-order valence-electron chi connectivity index (χ3n) is 3.60. The molecule has 2 aromatic heterocycles. The highest BCUT2D eigenvalue weighted by Gasteiger charge is 2.30. The van der Waals surface area contributed by atoms with E-state index in [1.807, 2.05) is 19.9 Å². The Hall–Kier alpha value is -1.60. The molecule has 0 amide bonds. The van der Waals surface area contributed by atoms with E-state index < -0.39 is 0 Å². The first-order valence-corrected chi connectivity index (χ1v) is 7.98. The van der Waals surface area contributed by atoms with Crippen molar-refractivity contribution in [1.29, 1.82) is 0 Å². The van der Waals surface area contributed by atoms with Gasteiger partial charge in [0.25, 0.3) is 0 Å². The SMILES string of the molecule is Cc1nc(NCCc2nnc(C)s2)cc(C2CC(O)C2)n1. The Morgan fingerprint density at radius 2 is 2.10 bits per heavy atom. The molecule has 0 aromatic carbocycles. The quantitative estimate of drug-likeness (QED) is 0.877. The van der Waals surface area contributed by atoms with E-state index in [4.69, 9.17) is 0 Å². The van der Waals surface area contributed by atoms with Gasteiger partial charge in [-0.05, 0) is 26.7 Å². The molecule has 112 valence electrons. The largest absolute Gasteiger partial charge is 0.393 e. The molecule has 1 aliphatic rings. The standard InChI is InChI=1S/C14H19N5OS/c1-8-16-12(10-5-11(20)6-10)7-13(17-8)15-4-3-14-19-18-9(2)21-14/h7,10-11,20H,3-6H2,1-2H3,(H,15,16,17). The molecule has 0 radical (unpaired) electrons. The number of nitrogens with one attached hydrogen (secondary N) is 1. The minimum Gasteiger partial charge on any atom is -0.393 e. The molecule has 0 bridgehead atoms. The summed E-state index contributed by atoms with van der Waals surface area (Å²) in [6.45, 7) is 4.64. The lowest BCUT2D eigenvalue weighted by molar-refractivity contribution is 0.0731. The fraction of sp³-hybridized carbons (Fsp3) is 0.571. The van der Waals surface area contributed by atoms with Gasteiger partial charge >= 0.3 is 0 Å². The predicted molar refractivity (Wildman–Crippen MR) is 81.6 cm³/mol. The van der Waals surface area contributed by atoms with Gasteiger partial charge in [0, 0.05) is 30.6 Å². The zero-order chi connectivity index (χ0) is 14.8. The highest BCUT2D eigenvalue weighted by molar-refractivity contribution is 7.11. The Bertz CT molecular complexity index is 624. The second-order valence-electron chi connectivity index (χ2n) is 5.44. The normalized spacial score (nSPS) is 21.1. The van der Waals surface area contributed by atoms with Crippen molar-refractivity contribution in [1.82, 2.24) is 20.2 Å². The van der Waals surface area contributed by atoms with Crippen LogP contribution in [-0.4, -0.2) is 37.9 Å². The second kappa shape index (κ2) is 6.03. The van der Waals surface area contributed by atoms with Gasteiger partial charge in [0.05, 0.1) is 6.10 Å². The van der Waals surface area contributed by atoms with E-state index >= 15 is 0 Å². The van der Waals surface area contributed by atoms with Gasteiger partial charge in [-0.3, -0.25) is 0 Å². The maximum Gasteiger partial charge on any atom is 0.129 e. The molecule has 0 spiro atoms. The van der Waals surface area contributed by atoms with Crippen LogP contribution in [0, 0.1) is 13.8 Å². The van der Waals surface area contributed by atoms with E-state index in [-0.39, 0.29) is 6.10 Å². The lowest BCUT2D eigenvalue weighted by Crippen LogP contribution is -2.27. The molecule has 0 aliphatic heterocycles. The first-order chi connectivity index (χ1) is 10.1. The first-order valence-electron chi connectivity index (χ1n) is 7.16. The number of anilines is 1. The van der Waals surface area contributed by atoms with Crippen LogP contribution < -0.4 is 5.32 Å². The van der Waals surface area contributed by atoms with Crippen molar-refractivity contribution in [3.05, 3.63) is 27.6 Å². The summed E-state index contributed by atoms with van der Waals surface area (Å²) in [5, 5.41) is 22.9. The van der Waals surface area contributed by atoms with Crippen molar-refractivity contribution in [3.8, 4) is 0 Å².